The lowest BCUT2D eigenvalue weighted by Gasteiger charge is -2.33. The quantitative estimate of drug-likeness (QED) is 0.278. The van der Waals surface area contributed by atoms with Gasteiger partial charge in [0.1, 0.15) is 12.7 Å². The lowest BCUT2D eigenvalue weighted by molar-refractivity contribution is -0.279. The van der Waals surface area contributed by atoms with E-state index in [1.807, 2.05) is 13.8 Å². The zero-order valence-electron chi connectivity index (χ0n) is 23.4. The molecule has 0 aliphatic carbocycles. The lowest BCUT2D eigenvalue weighted by atomic mass is 10.0. The van der Waals surface area contributed by atoms with Gasteiger partial charge in [0.15, 0.2) is 18.0 Å². The molecule has 3 heterocycles. The molecular weight excluding hydrogens is 460 g/mol. The number of rotatable bonds is 16. The zero-order chi connectivity index (χ0) is 25.9. The van der Waals surface area contributed by atoms with E-state index in [2.05, 4.69) is 17.1 Å². The second-order valence-electron chi connectivity index (χ2n) is 11.2. The largest absolute Gasteiger partial charge is 0.440 e. The minimum absolute atomic E-state index is 0.266. The van der Waals surface area contributed by atoms with Crippen molar-refractivity contribution in [3.8, 4) is 0 Å². The summed E-state index contributed by atoms with van der Waals surface area (Å²) in [6.07, 6.45) is 14.6. The van der Waals surface area contributed by atoms with Gasteiger partial charge in [0.25, 0.3) is 0 Å². The molecule has 36 heavy (non-hydrogen) atoms. The Bertz CT molecular complexity index is 642. The van der Waals surface area contributed by atoms with E-state index >= 15 is 0 Å². The number of nitrogens with one attached hydrogen (secondary N) is 1. The second kappa shape index (κ2) is 14.9. The monoisotopic (exact) mass is 512 g/mol. The van der Waals surface area contributed by atoms with Gasteiger partial charge in [-0.2, -0.15) is 0 Å². The van der Waals surface area contributed by atoms with Crippen molar-refractivity contribution in [2.24, 2.45) is 0 Å². The molecule has 0 radical (unpaired) electrons. The molecule has 0 saturated carbocycles. The number of hydrogen-bond donors (Lipinski definition) is 1. The maximum atomic E-state index is 12.2. The molecule has 0 aromatic rings. The number of carbonyl (C=O) groups is 1. The fraction of sp³-hybridized carbons (Fsp3) is 0.964. The zero-order valence-corrected chi connectivity index (χ0v) is 23.4. The number of piperidine rings is 1. The minimum atomic E-state index is -1.07. The van der Waals surface area contributed by atoms with Crippen molar-refractivity contribution in [1.29, 1.82) is 0 Å². The number of unbranched alkanes of at least 4 members (excludes halogenated alkanes) is 9. The van der Waals surface area contributed by atoms with Crippen molar-refractivity contribution >= 4 is 6.09 Å². The molecule has 210 valence electrons. The van der Waals surface area contributed by atoms with Gasteiger partial charge in [-0.15, -0.1) is 0 Å². The highest BCUT2D eigenvalue weighted by Crippen LogP contribution is 2.47. The molecular formula is C28H52N2O6. The summed E-state index contributed by atoms with van der Waals surface area (Å²) < 4.78 is 31.0. The number of ether oxygens (including phenoxy) is 5. The molecule has 3 rings (SSSR count). The molecule has 3 aliphatic rings. The molecule has 8 nitrogen and oxygen atoms in total. The fourth-order valence-corrected chi connectivity index (χ4v) is 5.73. The summed E-state index contributed by atoms with van der Waals surface area (Å²) in [4.78, 5) is 14.6. The first-order valence-corrected chi connectivity index (χ1v) is 14.6. The van der Waals surface area contributed by atoms with Crippen LogP contribution in [0.25, 0.3) is 0 Å². The number of hydrogen-bond acceptors (Lipinski definition) is 7. The van der Waals surface area contributed by atoms with Crippen LogP contribution < -0.4 is 5.32 Å². The Morgan fingerprint density at radius 2 is 1.58 bits per heavy atom. The molecule has 1 amide bonds. The number of likely N-dealkylation sites (tertiary alicyclic amines) is 1. The molecule has 1 N–H and O–H groups in total. The van der Waals surface area contributed by atoms with E-state index in [-0.39, 0.29) is 12.7 Å². The second-order valence-corrected chi connectivity index (χ2v) is 11.2. The van der Waals surface area contributed by atoms with E-state index in [0.29, 0.717) is 13.2 Å². The predicted molar refractivity (Wildman–Crippen MR) is 140 cm³/mol. The molecule has 3 saturated heterocycles. The van der Waals surface area contributed by atoms with Crippen molar-refractivity contribution in [3.63, 3.8) is 0 Å². The summed E-state index contributed by atoms with van der Waals surface area (Å²) in [6, 6.07) is 0. The SMILES string of the molecule is CCCCCCCCCCCCOC[C@@]12O[C@@H](CN3CCCCC3)[C@@H](OC(=O)NC)[C@@H]1OC(C)(C)O2. The normalized spacial score (nSPS) is 29.8. The van der Waals surface area contributed by atoms with E-state index in [1.54, 1.807) is 7.05 Å². The Kier molecular flexibility index (Phi) is 12.2. The van der Waals surface area contributed by atoms with Crippen molar-refractivity contribution in [2.45, 2.75) is 134 Å². The van der Waals surface area contributed by atoms with Gasteiger partial charge in [0.2, 0.25) is 5.79 Å². The Labute approximate surface area is 219 Å². The molecule has 0 unspecified atom stereocenters. The average Bonchev–Trinajstić information content (AvgIpc) is 3.26. The van der Waals surface area contributed by atoms with Crippen LogP contribution in [0.4, 0.5) is 4.79 Å². The topological polar surface area (TPSA) is 78.5 Å². The number of carbonyl (C=O) groups excluding carboxylic acids is 1. The van der Waals surface area contributed by atoms with Gasteiger partial charge < -0.3 is 33.9 Å². The molecule has 0 spiro atoms. The first kappa shape index (κ1) is 29.6. The average molecular weight is 513 g/mol. The summed E-state index contributed by atoms with van der Waals surface area (Å²) >= 11 is 0. The Morgan fingerprint density at radius 1 is 0.944 bits per heavy atom. The maximum Gasteiger partial charge on any atom is 0.407 e. The third-order valence-corrected chi connectivity index (χ3v) is 7.56. The van der Waals surface area contributed by atoms with Crippen molar-refractivity contribution < 1.29 is 28.5 Å². The molecule has 0 aromatic carbocycles. The highest BCUT2D eigenvalue weighted by molar-refractivity contribution is 5.67. The van der Waals surface area contributed by atoms with Crippen molar-refractivity contribution in [1.82, 2.24) is 10.2 Å². The van der Waals surface area contributed by atoms with Crippen LogP contribution in [0.1, 0.15) is 104 Å². The number of fused-ring (bicyclic) bond motifs is 1. The van der Waals surface area contributed by atoms with E-state index in [1.165, 1.54) is 77.0 Å². The van der Waals surface area contributed by atoms with E-state index in [9.17, 15) is 4.79 Å². The third-order valence-electron chi connectivity index (χ3n) is 7.56. The van der Waals surface area contributed by atoms with Crippen LogP contribution in [0.5, 0.6) is 0 Å². The molecule has 3 aliphatic heterocycles. The van der Waals surface area contributed by atoms with Crippen LogP contribution in [-0.4, -0.2) is 80.8 Å². The fourth-order valence-electron chi connectivity index (χ4n) is 5.73. The lowest BCUT2D eigenvalue weighted by Crippen LogP contribution is -2.47. The van der Waals surface area contributed by atoms with Crippen LogP contribution in [0.2, 0.25) is 0 Å². The first-order chi connectivity index (χ1) is 17.4. The number of amides is 1. The van der Waals surface area contributed by atoms with E-state index in [4.69, 9.17) is 23.7 Å². The van der Waals surface area contributed by atoms with Gasteiger partial charge >= 0.3 is 6.09 Å². The van der Waals surface area contributed by atoms with Crippen LogP contribution >= 0.6 is 0 Å². The van der Waals surface area contributed by atoms with Gasteiger partial charge in [-0.25, -0.2) is 4.79 Å². The van der Waals surface area contributed by atoms with Crippen molar-refractivity contribution in [2.75, 3.05) is 39.9 Å². The van der Waals surface area contributed by atoms with Gasteiger partial charge in [0.05, 0.1) is 0 Å². The van der Waals surface area contributed by atoms with Crippen LogP contribution in [0.15, 0.2) is 0 Å². The van der Waals surface area contributed by atoms with Gasteiger partial charge in [-0.05, 0) is 46.2 Å². The summed E-state index contributed by atoms with van der Waals surface area (Å²) in [6.45, 7) is 9.69. The van der Waals surface area contributed by atoms with Crippen molar-refractivity contribution in [3.05, 3.63) is 0 Å². The van der Waals surface area contributed by atoms with E-state index in [0.717, 1.165) is 19.5 Å². The highest BCUT2D eigenvalue weighted by Gasteiger charge is 2.66. The Hall–Kier alpha value is -0.930. The number of nitrogens with zero attached hydrogens (tertiary/aromatic N) is 1. The minimum Gasteiger partial charge on any atom is -0.440 e. The molecule has 8 heteroatoms. The Balaban J connectivity index is 1.47. The molecule has 4 atom stereocenters. The predicted octanol–water partition coefficient (Wildman–Crippen LogP) is 5.38. The standard InChI is InChI=1S/C28H52N2O6/c1-5-6-7-8-9-10-11-12-13-17-20-32-22-28-25(35-27(2,3)36-28)24(33-26(31)29-4)23(34-28)21-30-18-15-14-16-19-30/h23-25H,5-22H2,1-4H3,(H,29,31)/t23-,24+,25-,28-/m0/s1. The van der Waals surface area contributed by atoms with Gasteiger partial charge in [-0.1, -0.05) is 71.1 Å². The van der Waals surface area contributed by atoms with Crippen LogP contribution in [-0.2, 0) is 23.7 Å². The van der Waals surface area contributed by atoms with Crippen LogP contribution in [0.3, 0.4) is 0 Å². The van der Waals surface area contributed by atoms with Gasteiger partial charge in [-0.3, -0.25) is 0 Å². The first-order valence-electron chi connectivity index (χ1n) is 14.6. The summed E-state index contributed by atoms with van der Waals surface area (Å²) in [5.41, 5.74) is 0. The molecule has 3 fully saturated rings. The van der Waals surface area contributed by atoms with E-state index < -0.39 is 29.9 Å². The number of alkyl carbamates (subject to hydrolysis) is 1. The van der Waals surface area contributed by atoms with Gasteiger partial charge in [0, 0.05) is 20.2 Å². The third kappa shape index (κ3) is 8.83. The summed E-state index contributed by atoms with van der Waals surface area (Å²) in [5.74, 6) is -1.91. The summed E-state index contributed by atoms with van der Waals surface area (Å²) in [5, 5.41) is 2.56. The molecule has 0 aromatic heterocycles. The van der Waals surface area contributed by atoms with Crippen LogP contribution in [0, 0.1) is 0 Å². The Morgan fingerprint density at radius 3 is 2.22 bits per heavy atom. The maximum absolute atomic E-state index is 12.2. The molecule has 0 bridgehead atoms. The highest BCUT2D eigenvalue weighted by atomic mass is 16.9. The summed E-state index contributed by atoms with van der Waals surface area (Å²) in [7, 11) is 1.57. The smallest absolute Gasteiger partial charge is 0.407 e.